The van der Waals surface area contributed by atoms with Crippen molar-refractivity contribution < 1.29 is 4.79 Å². The second-order valence-electron chi connectivity index (χ2n) is 4.99. The second kappa shape index (κ2) is 5.40. The summed E-state index contributed by atoms with van der Waals surface area (Å²) in [4.78, 5) is 16.8. The zero-order valence-electron chi connectivity index (χ0n) is 12.1. The third kappa shape index (κ3) is 2.52. The molecule has 0 aliphatic rings. The van der Waals surface area contributed by atoms with Crippen LogP contribution >= 0.6 is 0 Å². The largest absolute Gasteiger partial charge is 0.323 e. The van der Waals surface area contributed by atoms with E-state index in [1.807, 2.05) is 60.1 Å². The van der Waals surface area contributed by atoms with E-state index in [1.165, 1.54) is 5.56 Å². The summed E-state index contributed by atoms with van der Waals surface area (Å²) < 4.78 is 1.81. The Morgan fingerprint density at radius 3 is 2.52 bits per heavy atom. The molecule has 0 unspecified atom stereocenters. The van der Waals surface area contributed by atoms with Crippen molar-refractivity contribution in [3.8, 4) is 0 Å². The number of hydrogen-bond donors (Lipinski definition) is 1. The first-order valence-electron chi connectivity index (χ1n) is 7.01. The molecule has 21 heavy (non-hydrogen) atoms. The van der Waals surface area contributed by atoms with Gasteiger partial charge < -0.3 is 9.88 Å². The van der Waals surface area contributed by atoms with Crippen LogP contribution in [0.4, 0.5) is 5.69 Å². The van der Waals surface area contributed by atoms with Gasteiger partial charge in [0.05, 0.1) is 11.0 Å². The molecule has 0 radical (unpaired) electrons. The normalized spacial score (nSPS) is 10.8. The lowest BCUT2D eigenvalue weighted by atomic mass is 10.1. The van der Waals surface area contributed by atoms with Gasteiger partial charge in [-0.15, -0.1) is 0 Å². The van der Waals surface area contributed by atoms with Gasteiger partial charge in [0.15, 0.2) is 5.82 Å². The van der Waals surface area contributed by atoms with Crippen molar-refractivity contribution >= 4 is 22.6 Å². The van der Waals surface area contributed by atoms with Gasteiger partial charge in [-0.2, -0.15) is 0 Å². The van der Waals surface area contributed by atoms with Gasteiger partial charge >= 0.3 is 0 Å². The first-order valence-corrected chi connectivity index (χ1v) is 7.01. The van der Waals surface area contributed by atoms with Gasteiger partial charge in [0, 0.05) is 12.7 Å². The van der Waals surface area contributed by atoms with E-state index in [2.05, 4.69) is 17.2 Å². The van der Waals surface area contributed by atoms with Crippen molar-refractivity contribution in [2.24, 2.45) is 7.05 Å². The topological polar surface area (TPSA) is 46.9 Å². The molecule has 0 spiro atoms. The van der Waals surface area contributed by atoms with Crippen LogP contribution in [0.3, 0.4) is 0 Å². The molecule has 1 heterocycles. The molecule has 0 atom stereocenters. The fraction of sp³-hybridized carbons (Fsp3) is 0.176. The maximum Gasteiger partial charge on any atom is 0.291 e. The number of amides is 1. The van der Waals surface area contributed by atoms with Crippen molar-refractivity contribution in [1.29, 1.82) is 0 Å². The second-order valence-corrected chi connectivity index (χ2v) is 4.99. The number of carbonyl (C=O) groups is 1. The van der Waals surface area contributed by atoms with Gasteiger partial charge in [-0.05, 0) is 36.2 Å². The number of nitrogens with zero attached hydrogens (tertiary/aromatic N) is 2. The van der Waals surface area contributed by atoms with Crippen LogP contribution in [0.25, 0.3) is 11.0 Å². The summed E-state index contributed by atoms with van der Waals surface area (Å²) in [5, 5.41) is 2.89. The fourth-order valence-electron chi connectivity index (χ4n) is 2.36. The fourth-order valence-corrected chi connectivity index (χ4v) is 2.36. The summed E-state index contributed by atoms with van der Waals surface area (Å²) in [5.41, 5.74) is 3.80. The average Bonchev–Trinajstić information content (AvgIpc) is 2.86. The Balaban J connectivity index is 1.87. The van der Waals surface area contributed by atoms with E-state index in [0.29, 0.717) is 5.82 Å². The lowest BCUT2D eigenvalue weighted by Gasteiger charge is -2.06. The number of hydrogen-bond acceptors (Lipinski definition) is 2. The molecule has 0 fully saturated rings. The molecule has 4 nitrogen and oxygen atoms in total. The van der Waals surface area contributed by atoms with E-state index in [1.54, 1.807) is 0 Å². The molecule has 2 aromatic carbocycles. The Labute approximate surface area is 123 Å². The molecular formula is C17H17N3O. The Bertz CT molecular complexity index is 787. The average molecular weight is 279 g/mol. The number of benzene rings is 2. The molecule has 1 aromatic heterocycles. The zero-order valence-corrected chi connectivity index (χ0v) is 12.1. The Morgan fingerprint density at radius 1 is 1.14 bits per heavy atom. The van der Waals surface area contributed by atoms with Crippen LogP contribution in [0.1, 0.15) is 23.1 Å². The molecule has 3 aromatic rings. The quantitative estimate of drug-likeness (QED) is 0.799. The first-order chi connectivity index (χ1) is 10.2. The van der Waals surface area contributed by atoms with Crippen molar-refractivity contribution in [1.82, 2.24) is 9.55 Å². The molecule has 1 N–H and O–H groups in total. The predicted octanol–water partition coefficient (Wildman–Crippen LogP) is 3.39. The monoisotopic (exact) mass is 279 g/mol. The lowest BCUT2D eigenvalue weighted by Crippen LogP contribution is -2.16. The molecule has 3 rings (SSSR count). The zero-order chi connectivity index (χ0) is 14.8. The van der Waals surface area contributed by atoms with Crippen molar-refractivity contribution in [2.75, 3.05) is 5.32 Å². The number of para-hydroxylation sites is 2. The van der Waals surface area contributed by atoms with E-state index < -0.39 is 0 Å². The molecule has 0 saturated carbocycles. The number of nitrogens with one attached hydrogen (secondary N) is 1. The smallest absolute Gasteiger partial charge is 0.291 e. The molecule has 0 bridgehead atoms. The van der Waals surface area contributed by atoms with Crippen LogP contribution in [-0.2, 0) is 13.5 Å². The number of imidazole rings is 1. The van der Waals surface area contributed by atoms with E-state index in [9.17, 15) is 4.79 Å². The molecule has 4 heteroatoms. The minimum atomic E-state index is -0.196. The van der Waals surface area contributed by atoms with E-state index in [4.69, 9.17) is 0 Å². The van der Waals surface area contributed by atoms with E-state index in [0.717, 1.165) is 23.1 Å². The van der Waals surface area contributed by atoms with Crippen molar-refractivity contribution in [2.45, 2.75) is 13.3 Å². The van der Waals surface area contributed by atoms with Crippen LogP contribution in [0.5, 0.6) is 0 Å². The summed E-state index contributed by atoms with van der Waals surface area (Å²) in [6.45, 7) is 2.10. The highest BCUT2D eigenvalue weighted by molar-refractivity contribution is 6.03. The van der Waals surface area contributed by atoms with Crippen LogP contribution in [0, 0.1) is 0 Å². The number of aryl methyl sites for hydroxylation is 2. The summed E-state index contributed by atoms with van der Waals surface area (Å²) in [5.74, 6) is 0.216. The van der Waals surface area contributed by atoms with Crippen molar-refractivity contribution in [3.63, 3.8) is 0 Å². The number of aromatic nitrogens is 2. The first kappa shape index (κ1) is 13.4. The molecular weight excluding hydrogens is 262 g/mol. The maximum atomic E-state index is 12.4. The van der Waals surface area contributed by atoms with Crippen LogP contribution in [0.15, 0.2) is 48.5 Å². The van der Waals surface area contributed by atoms with Gasteiger partial charge in [0.1, 0.15) is 0 Å². The van der Waals surface area contributed by atoms with Gasteiger partial charge in [0.25, 0.3) is 5.91 Å². The third-order valence-corrected chi connectivity index (χ3v) is 3.61. The summed E-state index contributed by atoms with van der Waals surface area (Å²) in [6, 6.07) is 15.6. The van der Waals surface area contributed by atoms with Gasteiger partial charge in [0.2, 0.25) is 0 Å². The summed E-state index contributed by atoms with van der Waals surface area (Å²) in [6.07, 6.45) is 0.985. The molecule has 0 saturated heterocycles. The van der Waals surface area contributed by atoms with Gasteiger partial charge in [-0.25, -0.2) is 4.98 Å². The number of carbonyl (C=O) groups excluding carboxylic acids is 1. The van der Waals surface area contributed by atoms with Crippen molar-refractivity contribution in [3.05, 3.63) is 59.9 Å². The summed E-state index contributed by atoms with van der Waals surface area (Å²) in [7, 11) is 1.85. The minimum Gasteiger partial charge on any atom is -0.323 e. The van der Waals surface area contributed by atoms with E-state index >= 15 is 0 Å². The molecule has 106 valence electrons. The van der Waals surface area contributed by atoms with Crippen LogP contribution in [0.2, 0.25) is 0 Å². The predicted molar refractivity (Wildman–Crippen MR) is 84.5 cm³/mol. The third-order valence-electron chi connectivity index (χ3n) is 3.61. The number of rotatable bonds is 3. The van der Waals surface area contributed by atoms with Gasteiger partial charge in [-0.3, -0.25) is 4.79 Å². The van der Waals surface area contributed by atoms with E-state index in [-0.39, 0.29) is 5.91 Å². The maximum absolute atomic E-state index is 12.4. The van der Waals surface area contributed by atoms with Crippen LogP contribution in [-0.4, -0.2) is 15.5 Å². The number of fused-ring (bicyclic) bond motifs is 1. The standard InChI is InChI=1S/C17H17N3O/c1-3-12-8-10-13(11-9-12)18-17(21)16-19-14-6-4-5-7-15(14)20(16)2/h4-11H,3H2,1-2H3,(H,18,21). The Kier molecular flexibility index (Phi) is 3.44. The Hall–Kier alpha value is -2.62. The highest BCUT2D eigenvalue weighted by atomic mass is 16.2. The van der Waals surface area contributed by atoms with Crippen LogP contribution < -0.4 is 5.32 Å². The molecule has 1 amide bonds. The van der Waals surface area contributed by atoms with Gasteiger partial charge in [-0.1, -0.05) is 31.2 Å². The SMILES string of the molecule is CCc1ccc(NC(=O)c2nc3ccccc3n2C)cc1. The Morgan fingerprint density at radius 2 is 1.86 bits per heavy atom. The lowest BCUT2D eigenvalue weighted by molar-refractivity contribution is 0.101. The molecule has 0 aliphatic carbocycles. The number of anilines is 1. The minimum absolute atomic E-state index is 0.196. The molecule has 0 aliphatic heterocycles. The highest BCUT2D eigenvalue weighted by Crippen LogP contribution is 2.16. The highest BCUT2D eigenvalue weighted by Gasteiger charge is 2.15. The summed E-state index contributed by atoms with van der Waals surface area (Å²) >= 11 is 0.